The summed E-state index contributed by atoms with van der Waals surface area (Å²) in [6.45, 7) is 5.57. The summed E-state index contributed by atoms with van der Waals surface area (Å²) in [5, 5.41) is 3.37. The number of amides is 1. The highest BCUT2D eigenvalue weighted by Crippen LogP contribution is 2.34. The number of hydrogen-bond acceptors (Lipinski definition) is 3. The van der Waals surface area contributed by atoms with E-state index >= 15 is 0 Å². The van der Waals surface area contributed by atoms with E-state index in [1.54, 1.807) is 6.92 Å². The van der Waals surface area contributed by atoms with Crippen LogP contribution in [0.25, 0.3) is 0 Å². The van der Waals surface area contributed by atoms with Crippen molar-refractivity contribution >= 4 is 11.7 Å². The molecule has 1 aromatic heterocycles. The Bertz CT molecular complexity index is 433. The van der Waals surface area contributed by atoms with Gasteiger partial charge in [0.2, 0.25) is 5.91 Å². The van der Waals surface area contributed by atoms with Crippen LogP contribution in [-0.2, 0) is 4.79 Å². The molecule has 1 aromatic rings. The minimum atomic E-state index is 0.162. The Balaban J connectivity index is 2.25. The maximum atomic E-state index is 11.8. The van der Waals surface area contributed by atoms with Crippen LogP contribution in [0.5, 0.6) is 0 Å². The monoisotopic (exact) mass is 261 g/mol. The molecular formula is C15H23N3O. The molecule has 4 heteroatoms. The third-order valence-electron chi connectivity index (χ3n) is 3.65. The third kappa shape index (κ3) is 3.25. The van der Waals surface area contributed by atoms with Crippen molar-refractivity contribution in [3.63, 3.8) is 0 Å². The highest BCUT2D eigenvalue weighted by molar-refractivity contribution is 5.74. The van der Waals surface area contributed by atoms with Crippen LogP contribution in [0.2, 0.25) is 0 Å². The SMILES string of the molecule is CCCNc1ncccc1[C@H]1CCCCN1C(C)=O. The van der Waals surface area contributed by atoms with Crippen molar-refractivity contribution in [2.45, 2.75) is 45.6 Å². The second kappa shape index (κ2) is 6.55. The zero-order valence-electron chi connectivity index (χ0n) is 11.9. The summed E-state index contributed by atoms with van der Waals surface area (Å²) in [5.74, 6) is 1.09. The molecule has 0 bridgehead atoms. The highest BCUT2D eigenvalue weighted by atomic mass is 16.2. The molecule has 0 aliphatic carbocycles. The fourth-order valence-electron chi connectivity index (χ4n) is 2.71. The molecule has 1 saturated heterocycles. The molecule has 19 heavy (non-hydrogen) atoms. The average Bonchev–Trinajstić information content (AvgIpc) is 2.45. The fraction of sp³-hybridized carbons (Fsp3) is 0.600. The molecule has 1 atom stereocenters. The number of nitrogens with one attached hydrogen (secondary N) is 1. The number of carbonyl (C=O) groups is 1. The van der Waals surface area contributed by atoms with Crippen molar-refractivity contribution in [3.8, 4) is 0 Å². The van der Waals surface area contributed by atoms with Gasteiger partial charge in [0.15, 0.2) is 0 Å². The van der Waals surface area contributed by atoms with Crippen LogP contribution < -0.4 is 5.32 Å². The van der Waals surface area contributed by atoms with Gasteiger partial charge in [-0.05, 0) is 31.7 Å². The summed E-state index contributed by atoms with van der Waals surface area (Å²) in [6.07, 6.45) is 6.19. The molecule has 0 unspecified atom stereocenters. The smallest absolute Gasteiger partial charge is 0.219 e. The summed E-state index contributed by atoms with van der Waals surface area (Å²) in [6, 6.07) is 4.23. The van der Waals surface area contributed by atoms with E-state index in [0.717, 1.165) is 43.7 Å². The molecule has 1 aliphatic heterocycles. The molecule has 104 valence electrons. The number of nitrogens with zero attached hydrogens (tertiary/aromatic N) is 2. The second-order valence-electron chi connectivity index (χ2n) is 5.09. The first-order chi connectivity index (χ1) is 9.24. The van der Waals surface area contributed by atoms with E-state index in [0.29, 0.717) is 0 Å². The number of anilines is 1. The largest absolute Gasteiger partial charge is 0.370 e. The Hall–Kier alpha value is -1.58. The summed E-state index contributed by atoms with van der Waals surface area (Å²) in [4.78, 5) is 18.2. The topological polar surface area (TPSA) is 45.2 Å². The van der Waals surface area contributed by atoms with Crippen molar-refractivity contribution < 1.29 is 4.79 Å². The number of pyridine rings is 1. The number of likely N-dealkylation sites (tertiary alicyclic amines) is 1. The van der Waals surface area contributed by atoms with E-state index in [9.17, 15) is 4.79 Å². The highest BCUT2D eigenvalue weighted by Gasteiger charge is 2.27. The lowest BCUT2D eigenvalue weighted by Crippen LogP contribution is -2.37. The van der Waals surface area contributed by atoms with Gasteiger partial charge in [0.05, 0.1) is 6.04 Å². The van der Waals surface area contributed by atoms with Gasteiger partial charge >= 0.3 is 0 Å². The van der Waals surface area contributed by atoms with E-state index in [1.807, 2.05) is 17.2 Å². The first-order valence-electron chi connectivity index (χ1n) is 7.20. The number of hydrogen-bond donors (Lipinski definition) is 1. The van der Waals surface area contributed by atoms with E-state index in [1.165, 1.54) is 6.42 Å². The van der Waals surface area contributed by atoms with E-state index in [4.69, 9.17) is 0 Å². The Kier molecular flexibility index (Phi) is 4.77. The van der Waals surface area contributed by atoms with Crippen molar-refractivity contribution in [1.29, 1.82) is 0 Å². The van der Waals surface area contributed by atoms with Crippen LogP contribution in [0.4, 0.5) is 5.82 Å². The van der Waals surface area contributed by atoms with Crippen LogP contribution in [0.15, 0.2) is 18.3 Å². The van der Waals surface area contributed by atoms with Gasteiger partial charge in [-0.1, -0.05) is 13.0 Å². The van der Waals surface area contributed by atoms with Gasteiger partial charge in [-0.2, -0.15) is 0 Å². The van der Waals surface area contributed by atoms with Gasteiger partial charge in [-0.3, -0.25) is 4.79 Å². The summed E-state index contributed by atoms with van der Waals surface area (Å²) < 4.78 is 0. The maximum absolute atomic E-state index is 11.8. The van der Waals surface area contributed by atoms with Gasteiger partial charge in [-0.25, -0.2) is 4.98 Å². The number of aromatic nitrogens is 1. The van der Waals surface area contributed by atoms with E-state index in [2.05, 4.69) is 23.3 Å². The second-order valence-corrected chi connectivity index (χ2v) is 5.09. The quantitative estimate of drug-likeness (QED) is 0.906. The van der Waals surface area contributed by atoms with Gasteiger partial charge in [-0.15, -0.1) is 0 Å². The van der Waals surface area contributed by atoms with Gasteiger partial charge < -0.3 is 10.2 Å². The molecule has 0 saturated carbocycles. The van der Waals surface area contributed by atoms with Gasteiger partial charge in [0.1, 0.15) is 5.82 Å². The van der Waals surface area contributed by atoms with Crippen molar-refractivity contribution in [2.24, 2.45) is 0 Å². The molecule has 1 N–H and O–H groups in total. The Morgan fingerprint density at radius 1 is 1.53 bits per heavy atom. The lowest BCUT2D eigenvalue weighted by Gasteiger charge is -2.36. The van der Waals surface area contributed by atoms with Gasteiger partial charge in [0.25, 0.3) is 0 Å². The molecule has 2 rings (SSSR count). The molecule has 0 aromatic carbocycles. The van der Waals surface area contributed by atoms with Crippen molar-refractivity contribution in [2.75, 3.05) is 18.4 Å². The minimum absolute atomic E-state index is 0.162. The first-order valence-corrected chi connectivity index (χ1v) is 7.20. The third-order valence-corrected chi connectivity index (χ3v) is 3.65. The zero-order chi connectivity index (χ0) is 13.7. The van der Waals surface area contributed by atoms with Crippen molar-refractivity contribution in [3.05, 3.63) is 23.9 Å². The fourth-order valence-corrected chi connectivity index (χ4v) is 2.71. The molecule has 1 amide bonds. The minimum Gasteiger partial charge on any atom is -0.370 e. The summed E-state index contributed by atoms with van der Waals surface area (Å²) in [5.41, 5.74) is 1.16. The lowest BCUT2D eigenvalue weighted by atomic mass is 9.95. The number of piperidine rings is 1. The standard InChI is InChI=1S/C15H23N3O/c1-3-9-16-15-13(7-6-10-17-15)14-8-4-5-11-18(14)12(2)19/h6-7,10,14H,3-5,8-9,11H2,1-2H3,(H,16,17)/t14-/m1/s1. The number of carbonyl (C=O) groups excluding carboxylic acids is 1. The average molecular weight is 261 g/mol. The predicted octanol–water partition coefficient (Wildman–Crippen LogP) is 2.98. The molecule has 0 radical (unpaired) electrons. The molecule has 1 fully saturated rings. The van der Waals surface area contributed by atoms with Crippen LogP contribution in [0, 0.1) is 0 Å². The van der Waals surface area contributed by atoms with E-state index < -0.39 is 0 Å². The van der Waals surface area contributed by atoms with Crippen LogP contribution >= 0.6 is 0 Å². The van der Waals surface area contributed by atoms with E-state index in [-0.39, 0.29) is 11.9 Å². The van der Waals surface area contributed by atoms with Crippen LogP contribution in [-0.4, -0.2) is 28.9 Å². The molecule has 4 nitrogen and oxygen atoms in total. The van der Waals surface area contributed by atoms with Gasteiger partial charge in [0, 0.05) is 31.8 Å². The first kappa shape index (κ1) is 13.8. The summed E-state index contributed by atoms with van der Waals surface area (Å²) >= 11 is 0. The maximum Gasteiger partial charge on any atom is 0.219 e. The number of rotatable bonds is 4. The van der Waals surface area contributed by atoms with Crippen molar-refractivity contribution in [1.82, 2.24) is 9.88 Å². The Morgan fingerprint density at radius 2 is 2.37 bits per heavy atom. The van der Waals surface area contributed by atoms with Crippen LogP contribution in [0.3, 0.4) is 0 Å². The molecule has 1 aliphatic rings. The Labute approximate surface area is 115 Å². The summed E-state index contributed by atoms with van der Waals surface area (Å²) in [7, 11) is 0. The molecule has 0 spiro atoms. The molecular weight excluding hydrogens is 238 g/mol. The van der Waals surface area contributed by atoms with Crippen LogP contribution in [0.1, 0.15) is 51.1 Å². The predicted molar refractivity (Wildman–Crippen MR) is 77.0 cm³/mol. The normalized spacial score (nSPS) is 19.3. The molecule has 2 heterocycles. The Morgan fingerprint density at radius 3 is 3.11 bits per heavy atom. The zero-order valence-corrected chi connectivity index (χ0v) is 11.9. The lowest BCUT2D eigenvalue weighted by molar-refractivity contribution is -0.132.